The molecule has 0 bridgehead atoms. The zero-order valence-electron chi connectivity index (χ0n) is 32.7. The minimum atomic E-state index is -0.0812. The average Bonchev–Trinajstić information content (AvgIpc) is 3.90. The smallest absolute Gasteiger partial charge is 0.163 e. The van der Waals surface area contributed by atoms with Crippen LogP contribution in [0.3, 0.4) is 0 Å². The van der Waals surface area contributed by atoms with E-state index < -0.39 is 0 Å². The summed E-state index contributed by atoms with van der Waals surface area (Å²) in [5.41, 5.74) is 13.4. The van der Waals surface area contributed by atoms with Crippen molar-refractivity contribution in [1.82, 2.24) is 19.5 Å². The van der Waals surface area contributed by atoms with Gasteiger partial charge in [0, 0.05) is 59.1 Å². The van der Waals surface area contributed by atoms with Gasteiger partial charge in [0.05, 0.1) is 11.0 Å². The molecule has 0 spiro atoms. The number of aromatic nitrogens is 4. The van der Waals surface area contributed by atoms with Gasteiger partial charge in [0.1, 0.15) is 5.82 Å². The number of fused-ring (bicyclic) bond motifs is 9. The van der Waals surface area contributed by atoms with E-state index in [1.165, 1.54) is 81.0 Å². The highest BCUT2D eigenvalue weighted by Crippen LogP contribution is 2.51. The molecule has 2 aliphatic rings. The summed E-state index contributed by atoms with van der Waals surface area (Å²) < 4.78 is 4.96. The van der Waals surface area contributed by atoms with Crippen LogP contribution in [0.25, 0.3) is 92.7 Å². The van der Waals surface area contributed by atoms with Crippen LogP contribution in [0, 0.1) is 0 Å². The molecule has 0 radical (unpaired) electrons. The fourth-order valence-corrected chi connectivity index (χ4v) is 10.6. The highest BCUT2D eigenvalue weighted by atomic mass is 32.1. The molecule has 1 unspecified atom stereocenters. The molecular formula is C54H38N4S. The van der Waals surface area contributed by atoms with E-state index in [9.17, 15) is 0 Å². The molecule has 0 aliphatic heterocycles. The van der Waals surface area contributed by atoms with Crippen molar-refractivity contribution >= 4 is 53.3 Å². The molecule has 0 fully saturated rings. The van der Waals surface area contributed by atoms with Crippen molar-refractivity contribution in [3.8, 4) is 50.7 Å². The molecule has 0 amide bonds. The summed E-state index contributed by atoms with van der Waals surface area (Å²) in [5.74, 6) is 2.31. The summed E-state index contributed by atoms with van der Waals surface area (Å²) in [6.07, 6.45) is 9.42. The molecule has 3 aromatic heterocycles. The molecule has 0 saturated carbocycles. The van der Waals surface area contributed by atoms with Crippen LogP contribution in [0.2, 0.25) is 0 Å². The van der Waals surface area contributed by atoms with Crippen molar-refractivity contribution in [2.24, 2.45) is 0 Å². The minimum Gasteiger partial charge on any atom is -0.309 e. The van der Waals surface area contributed by atoms with E-state index >= 15 is 0 Å². The Kier molecular flexibility index (Phi) is 7.54. The molecule has 7 aromatic carbocycles. The van der Waals surface area contributed by atoms with Gasteiger partial charge in [0.2, 0.25) is 0 Å². The second-order valence-corrected chi connectivity index (χ2v) is 17.5. The number of rotatable bonds is 5. The number of para-hydroxylation sites is 1. The molecular weight excluding hydrogens is 737 g/mol. The van der Waals surface area contributed by atoms with Gasteiger partial charge in [-0.3, -0.25) is 0 Å². The van der Waals surface area contributed by atoms with Gasteiger partial charge in [-0.2, -0.15) is 0 Å². The Balaban J connectivity index is 1.01. The summed E-state index contributed by atoms with van der Waals surface area (Å²) in [7, 11) is 0. The third-order valence-corrected chi connectivity index (χ3v) is 13.7. The predicted octanol–water partition coefficient (Wildman–Crippen LogP) is 14.2. The Morgan fingerprint density at radius 2 is 1.17 bits per heavy atom. The first-order valence-corrected chi connectivity index (χ1v) is 21.2. The zero-order valence-corrected chi connectivity index (χ0v) is 33.5. The fraction of sp³-hybridized carbons (Fsp3) is 0.0926. The van der Waals surface area contributed by atoms with E-state index in [1.54, 1.807) is 0 Å². The van der Waals surface area contributed by atoms with Gasteiger partial charge >= 0.3 is 0 Å². The van der Waals surface area contributed by atoms with Crippen molar-refractivity contribution in [3.63, 3.8) is 0 Å². The van der Waals surface area contributed by atoms with E-state index in [2.05, 4.69) is 176 Å². The Hall–Kier alpha value is -6.95. The van der Waals surface area contributed by atoms with E-state index in [-0.39, 0.29) is 11.3 Å². The number of benzene rings is 7. The fourth-order valence-electron chi connectivity index (χ4n) is 9.52. The van der Waals surface area contributed by atoms with Gasteiger partial charge in [-0.1, -0.05) is 123 Å². The lowest BCUT2D eigenvalue weighted by Crippen LogP contribution is -2.14. The van der Waals surface area contributed by atoms with Crippen molar-refractivity contribution < 1.29 is 0 Å². The number of thiophene rings is 1. The van der Waals surface area contributed by atoms with Crippen LogP contribution in [0.1, 0.15) is 43.1 Å². The standard InChI is InChI=1S/C54H38N4S/c1-54(2)45-21-13-12-20-39(45)40-31-42-41-28-35(22-25-47(41)58(48(42)32-46(40)54)38-18-10-5-11-19-38)36-23-26-49-43(29-36)44-30-37(24-27-50(44)59-49)53-56-51(33-14-6-3-7-15-33)55-52(57-53)34-16-8-4-9-17-34/h3-16,18-32,34H,17H2,1-2H3. The molecule has 1 atom stereocenters. The van der Waals surface area contributed by atoms with E-state index in [0.29, 0.717) is 11.6 Å². The molecule has 10 aromatic rings. The lowest BCUT2D eigenvalue weighted by atomic mass is 9.82. The number of nitrogens with zero attached hydrogens (tertiary/aromatic N) is 4. The summed E-state index contributed by atoms with van der Waals surface area (Å²) in [6.45, 7) is 4.72. The topological polar surface area (TPSA) is 43.6 Å². The van der Waals surface area contributed by atoms with Crippen molar-refractivity contribution in [2.45, 2.75) is 31.6 Å². The molecule has 59 heavy (non-hydrogen) atoms. The Bertz CT molecular complexity index is 3390. The van der Waals surface area contributed by atoms with Crippen LogP contribution in [0.5, 0.6) is 0 Å². The lowest BCUT2D eigenvalue weighted by Gasteiger charge is -2.21. The van der Waals surface area contributed by atoms with Gasteiger partial charge in [-0.05, 0) is 107 Å². The van der Waals surface area contributed by atoms with Gasteiger partial charge in [0.15, 0.2) is 11.6 Å². The van der Waals surface area contributed by atoms with Crippen LogP contribution >= 0.6 is 11.3 Å². The van der Waals surface area contributed by atoms with Gasteiger partial charge in [-0.15, -0.1) is 11.3 Å². The van der Waals surface area contributed by atoms with E-state index in [0.717, 1.165) is 23.4 Å². The molecule has 5 heteroatoms. The quantitative estimate of drug-likeness (QED) is 0.175. The molecule has 2 aliphatic carbocycles. The predicted molar refractivity (Wildman–Crippen MR) is 247 cm³/mol. The number of allylic oxidation sites excluding steroid dienone is 4. The maximum atomic E-state index is 5.10. The normalized spacial score (nSPS) is 15.4. The Morgan fingerprint density at radius 1 is 0.525 bits per heavy atom. The van der Waals surface area contributed by atoms with E-state index in [4.69, 9.17) is 15.0 Å². The number of hydrogen-bond acceptors (Lipinski definition) is 4. The first-order valence-electron chi connectivity index (χ1n) is 20.4. The molecule has 3 heterocycles. The Labute approximate surface area is 346 Å². The summed E-state index contributed by atoms with van der Waals surface area (Å²) in [4.78, 5) is 15.2. The second-order valence-electron chi connectivity index (χ2n) is 16.4. The molecule has 0 N–H and O–H groups in total. The molecule has 280 valence electrons. The van der Waals surface area contributed by atoms with Crippen LogP contribution in [-0.2, 0) is 5.41 Å². The number of hydrogen-bond donors (Lipinski definition) is 0. The summed E-state index contributed by atoms with van der Waals surface area (Å²) >= 11 is 1.83. The monoisotopic (exact) mass is 774 g/mol. The largest absolute Gasteiger partial charge is 0.309 e. The van der Waals surface area contributed by atoms with Gasteiger partial charge in [0.25, 0.3) is 0 Å². The van der Waals surface area contributed by atoms with Crippen LogP contribution < -0.4 is 0 Å². The zero-order chi connectivity index (χ0) is 39.2. The van der Waals surface area contributed by atoms with Gasteiger partial charge < -0.3 is 4.57 Å². The lowest BCUT2D eigenvalue weighted by molar-refractivity contribution is 0.661. The molecule has 0 saturated heterocycles. The first kappa shape index (κ1) is 34.1. The van der Waals surface area contributed by atoms with Crippen molar-refractivity contribution in [1.29, 1.82) is 0 Å². The van der Waals surface area contributed by atoms with Crippen LogP contribution in [0.4, 0.5) is 0 Å². The second kappa shape index (κ2) is 13.0. The van der Waals surface area contributed by atoms with E-state index in [1.807, 2.05) is 29.5 Å². The third kappa shape index (κ3) is 5.38. The first-order chi connectivity index (χ1) is 29.0. The van der Waals surface area contributed by atoms with Crippen molar-refractivity contribution in [2.75, 3.05) is 0 Å². The highest BCUT2D eigenvalue weighted by molar-refractivity contribution is 7.25. The van der Waals surface area contributed by atoms with Crippen LogP contribution in [-0.4, -0.2) is 19.5 Å². The SMILES string of the molecule is CC1(C)c2ccccc2-c2cc3c4cc(-c5ccc6sc7ccc(-c8nc(-c9ccccc9)nc(C9C=CC=CC9)n8)cc7c6c5)ccc4n(-c4ccccc4)c3cc21. The van der Waals surface area contributed by atoms with Crippen molar-refractivity contribution in [3.05, 3.63) is 193 Å². The van der Waals surface area contributed by atoms with Crippen LogP contribution in [0.15, 0.2) is 176 Å². The molecule has 12 rings (SSSR count). The summed E-state index contributed by atoms with van der Waals surface area (Å²) in [5, 5.41) is 4.99. The maximum Gasteiger partial charge on any atom is 0.163 e. The third-order valence-electron chi connectivity index (χ3n) is 12.5. The highest BCUT2D eigenvalue weighted by Gasteiger charge is 2.36. The summed E-state index contributed by atoms with van der Waals surface area (Å²) in [6, 6.07) is 55.5. The molecule has 4 nitrogen and oxygen atoms in total. The van der Waals surface area contributed by atoms with Gasteiger partial charge in [-0.25, -0.2) is 15.0 Å². The average molecular weight is 775 g/mol. The maximum absolute atomic E-state index is 5.10. The minimum absolute atomic E-state index is 0.0812. The Morgan fingerprint density at radius 3 is 1.93 bits per heavy atom.